The Morgan fingerprint density at radius 3 is 2.80 bits per heavy atom. The lowest BCUT2D eigenvalue weighted by Gasteiger charge is -2.25. The van der Waals surface area contributed by atoms with E-state index < -0.39 is 5.56 Å². The van der Waals surface area contributed by atoms with E-state index in [4.69, 9.17) is 9.68 Å². The molecule has 0 aliphatic carbocycles. The number of oxazole rings is 1. The molecule has 3 rings (SSSR count). The topological polar surface area (TPSA) is 103 Å². The first-order valence-corrected chi connectivity index (χ1v) is 8.13. The van der Waals surface area contributed by atoms with Crippen molar-refractivity contribution in [2.75, 3.05) is 6.54 Å². The zero-order valence-electron chi connectivity index (χ0n) is 14.8. The summed E-state index contributed by atoms with van der Waals surface area (Å²) >= 11 is 0. The van der Waals surface area contributed by atoms with Gasteiger partial charge in [-0.15, -0.1) is 0 Å². The van der Waals surface area contributed by atoms with E-state index in [0.29, 0.717) is 36.7 Å². The normalized spacial score (nSPS) is 14.1. The summed E-state index contributed by atoms with van der Waals surface area (Å²) in [6, 6.07) is 3.17. The molecule has 1 amide bonds. The molecule has 0 radical (unpaired) electrons. The number of H-pyrrole nitrogens is 1. The van der Waals surface area contributed by atoms with Gasteiger partial charge in [0.2, 0.25) is 0 Å². The number of nitrogens with one attached hydrogen (secondary N) is 1. The molecular weight excluding hydrogens is 320 g/mol. The molecule has 1 aliphatic rings. The molecule has 0 spiro atoms. The number of carbonyl (C=O) groups excluding carboxylic acids is 1. The number of carbonyl (C=O) groups is 1. The van der Waals surface area contributed by atoms with Crippen molar-refractivity contribution >= 4 is 5.91 Å². The van der Waals surface area contributed by atoms with Crippen molar-refractivity contribution in [3.8, 4) is 6.07 Å². The Hall–Kier alpha value is -2.88. The van der Waals surface area contributed by atoms with Crippen LogP contribution in [0, 0.1) is 18.3 Å². The van der Waals surface area contributed by atoms with Gasteiger partial charge in [0.25, 0.3) is 11.5 Å². The predicted molar refractivity (Wildman–Crippen MR) is 90.2 cm³/mol. The summed E-state index contributed by atoms with van der Waals surface area (Å²) in [4.78, 5) is 33.3. The van der Waals surface area contributed by atoms with Crippen LogP contribution in [0.1, 0.15) is 59.7 Å². The van der Waals surface area contributed by atoms with E-state index >= 15 is 0 Å². The maximum Gasteiger partial charge on any atom is 0.266 e. The number of aryl methyl sites for hydroxylation is 1. The van der Waals surface area contributed by atoms with E-state index in [2.05, 4.69) is 9.97 Å². The lowest BCUT2D eigenvalue weighted by molar-refractivity contribution is 0.0726. The molecule has 0 fully saturated rings. The zero-order chi connectivity index (χ0) is 18.4. The average Bonchev–Trinajstić information content (AvgIpc) is 2.98. The van der Waals surface area contributed by atoms with Crippen molar-refractivity contribution in [3.63, 3.8) is 0 Å². The van der Waals surface area contributed by atoms with Gasteiger partial charge in [-0.25, -0.2) is 4.98 Å². The van der Waals surface area contributed by atoms with Crippen molar-refractivity contribution in [2.45, 2.75) is 46.1 Å². The monoisotopic (exact) mass is 340 g/mol. The highest BCUT2D eigenvalue weighted by atomic mass is 16.4. The van der Waals surface area contributed by atoms with Gasteiger partial charge in [0.1, 0.15) is 23.1 Å². The summed E-state index contributed by atoms with van der Waals surface area (Å²) in [5.74, 6) is 1.26. The van der Waals surface area contributed by atoms with Crippen LogP contribution in [0.5, 0.6) is 0 Å². The van der Waals surface area contributed by atoms with Gasteiger partial charge in [0.05, 0.1) is 12.1 Å². The molecule has 0 unspecified atom stereocenters. The first-order valence-electron chi connectivity index (χ1n) is 8.13. The lowest BCUT2D eigenvalue weighted by Crippen LogP contribution is -2.36. The van der Waals surface area contributed by atoms with E-state index in [9.17, 15) is 9.59 Å². The highest BCUT2D eigenvalue weighted by molar-refractivity contribution is 5.95. The summed E-state index contributed by atoms with van der Waals surface area (Å²) in [6.07, 6.45) is 0.595. The number of pyridine rings is 1. The minimum Gasteiger partial charge on any atom is -0.445 e. The summed E-state index contributed by atoms with van der Waals surface area (Å²) in [5.41, 5.74) is 0.817. The van der Waals surface area contributed by atoms with Crippen LogP contribution < -0.4 is 5.56 Å². The fraction of sp³-hybridized carbons (Fsp3) is 0.444. The van der Waals surface area contributed by atoms with Gasteiger partial charge in [0, 0.05) is 24.1 Å². The highest BCUT2D eigenvalue weighted by Crippen LogP contribution is 2.28. The number of amides is 1. The van der Waals surface area contributed by atoms with Crippen LogP contribution in [0.25, 0.3) is 0 Å². The fourth-order valence-electron chi connectivity index (χ4n) is 2.79. The molecule has 7 heteroatoms. The molecule has 1 N–H and O–H groups in total. The van der Waals surface area contributed by atoms with E-state index in [1.807, 2.05) is 26.8 Å². The van der Waals surface area contributed by atoms with E-state index in [1.54, 1.807) is 11.8 Å². The number of nitriles is 1. The SMILES string of the molecule is Cc1[nH]c(=O)c(C#N)cc1C(=O)N1CCc2oc(C(C)(C)C)nc2C1. The molecule has 1 aliphatic heterocycles. The summed E-state index contributed by atoms with van der Waals surface area (Å²) < 4.78 is 5.84. The molecule has 0 bridgehead atoms. The van der Waals surface area contributed by atoms with Gasteiger partial charge in [-0.2, -0.15) is 5.26 Å². The number of fused-ring (bicyclic) bond motifs is 1. The van der Waals surface area contributed by atoms with Crippen molar-refractivity contribution in [1.82, 2.24) is 14.9 Å². The number of aromatic amines is 1. The number of nitrogens with zero attached hydrogens (tertiary/aromatic N) is 3. The Balaban J connectivity index is 1.90. The third kappa shape index (κ3) is 3.07. The molecule has 2 aromatic rings. The number of rotatable bonds is 1. The Morgan fingerprint density at radius 2 is 2.16 bits per heavy atom. The van der Waals surface area contributed by atoms with Gasteiger partial charge in [-0.3, -0.25) is 9.59 Å². The van der Waals surface area contributed by atoms with Crippen molar-refractivity contribution < 1.29 is 9.21 Å². The molecule has 0 saturated carbocycles. The van der Waals surface area contributed by atoms with E-state index in [-0.39, 0.29) is 16.9 Å². The third-order valence-corrected chi connectivity index (χ3v) is 4.25. The van der Waals surface area contributed by atoms with Gasteiger partial charge >= 0.3 is 0 Å². The van der Waals surface area contributed by atoms with Crippen LogP contribution in [0.2, 0.25) is 0 Å². The van der Waals surface area contributed by atoms with Crippen LogP contribution in [0.3, 0.4) is 0 Å². The van der Waals surface area contributed by atoms with E-state index in [1.165, 1.54) is 6.07 Å². The Labute approximate surface area is 145 Å². The molecule has 3 heterocycles. The quantitative estimate of drug-likeness (QED) is 0.855. The van der Waals surface area contributed by atoms with Gasteiger partial charge in [-0.1, -0.05) is 20.8 Å². The second kappa shape index (κ2) is 5.88. The summed E-state index contributed by atoms with van der Waals surface area (Å²) in [7, 11) is 0. The minimum absolute atomic E-state index is 0.0666. The standard InChI is InChI=1S/C18H20N4O3/c1-10-12(7-11(8-19)15(23)20-10)16(24)22-6-5-14-13(9-22)21-17(25-14)18(2,3)4/h7H,5-6,9H2,1-4H3,(H,20,23). The van der Waals surface area contributed by atoms with Crippen LogP contribution in [-0.4, -0.2) is 27.3 Å². The molecule has 0 saturated heterocycles. The van der Waals surface area contributed by atoms with Crippen molar-refractivity contribution in [1.29, 1.82) is 5.26 Å². The number of hydrogen-bond donors (Lipinski definition) is 1. The molecule has 0 aromatic carbocycles. The largest absolute Gasteiger partial charge is 0.445 e. The molecule has 7 nitrogen and oxygen atoms in total. The Morgan fingerprint density at radius 1 is 1.44 bits per heavy atom. The fourth-order valence-corrected chi connectivity index (χ4v) is 2.79. The molecule has 25 heavy (non-hydrogen) atoms. The smallest absolute Gasteiger partial charge is 0.266 e. The highest BCUT2D eigenvalue weighted by Gasteiger charge is 2.30. The molecule has 0 atom stereocenters. The van der Waals surface area contributed by atoms with Crippen molar-refractivity contribution in [2.24, 2.45) is 0 Å². The first-order chi connectivity index (χ1) is 11.7. The first kappa shape index (κ1) is 17.0. The van der Waals surface area contributed by atoms with Gasteiger partial charge in [0.15, 0.2) is 5.89 Å². The van der Waals surface area contributed by atoms with Crippen LogP contribution >= 0.6 is 0 Å². The predicted octanol–water partition coefficient (Wildman–Crippen LogP) is 2.04. The average molecular weight is 340 g/mol. The van der Waals surface area contributed by atoms with Crippen LogP contribution in [-0.2, 0) is 18.4 Å². The van der Waals surface area contributed by atoms with Crippen LogP contribution in [0.15, 0.2) is 15.3 Å². The van der Waals surface area contributed by atoms with Crippen molar-refractivity contribution in [3.05, 3.63) is 50.6 Å². The third-order valence-electron chi connectivity index (χ3n) is 4.25. The van der Waals surface area contributed by atoms with Gasteiger partial charge < -0.3 is 14.3 Å². The second-order valence-electron chi connectivity index (χ2n) is 7.28. The number of aromatic nitrogens is 2. The molecule has 2 aromatic heterocycles. The van der Waals surface area contributed by atoms with E-state index in [0.717, 1.165) is 11.5 Å². The Kier molecular flexibility index (Phi) is 3.99. The lowest BCUT2D eigenvalue weighted by atomic mass is 9.97. The summed E-state index contributed by atoms with van der Waals surface area (Å²) in [6.45, 7) is 8.60. The zero-order valence-corrected chi connectivity index (χ0v) is 14.8. The molecular formula is C18H20N4O3. The summed E-state index contributed by atoms with van der Waals surface area (Å²) in [5, 5.41) is 9.02. The van der Waals surface area contributed by atoms with Crippen LogP contribution in [0.4, 0.5) is 0 Å². The second-order valence-corrected chi connectivity index (χ2v) is 7.28. The Bertz CT molecular complexity index is 941. The maximum atomic E-state index is 12.8. The number of hydrogen-bond acceptors (Lipinski definition) is 5. The van der Waals surface area contributed by atoms with Gasteiger partial charge in [-0.05, 0) is 13.0 Å². The molecule has 130 valence electrons. The minimum atomic E-state index is -0.483. The maximum absolute atomic E-state index is 12.8.